The van der Waals surface area contributed by atoms with Crippen LogP contribution in [-0.4, -0.2) is 45.6 Å². The number of benzene rings is 1. The number of fused-ring (bicyclic) bond motifs is 2. The smallest absolute Gasteiger partial charge is 0.238 e. The Bertz CT molecular complexity index is 937. The number of amides is 1. The van der Waals surface area contributed by atoms with E-state index in [0.717, 1.165) is 25.0 Å². The molecule has 2 aliphatic rings. The molecule has 2 bridgehead atoms. The Morgan fingerprint density at radius 3 is 3.00 bits per heavy atom. The summed E-state index contributed by atoms with van der Waals surface area (Å²) in [4.78, 5) is 12.5. The first kappa shape index (κ1) is 19.5. The minimum Gasteiger partial charge on any atom is -0.339 e. The zero-order valence-corrected chi connectivity index (χ0v) is 16.0. The van der Waals surface area contributed by atoms with Crippen molar-refractivity contribution in [2.24, 2.45) is 11.7 Å². The molecule has 1 saturated carbocycles. The van der Waals surface area contributed by atoms with Crippen LogP contribution in [0.2, 0.25) is 0 Å². The van der Waals surface area contributed by atoms with Crippen LogP contribution >= 0.6 is 0 Å². The van der Waals surface area contributed by atoms with Crippen LogP contribution < -0.4 is 16.4 Å². The minimum absolute atomic E-state index is 0.102. The molecular weight excluding hydrogens is 373 g/mol. The maximum absolute atomic E-state index is 14.6. The number of rotatable bonds is 7. The van der Waals surface area contributed by atoms with Crippen molar-refractivity contribution < 1.29 is 9.18 Å². The second-order valence-corrected chi connectivity index (χ2v) is 7.78. The quantitative estimate of drug-likeness (QED) is 0.629. The van der Waals surface area contributed by atoms with E-state index in [4.69, 9.17) is 5.73 Å². The average Bonchev–Trinajstić information content (AvgIpc) is 3.46. The van der Waals surface area contributed by atoms with Crippen molar-refractivity contribution in [1.29, 1.82) is 5.26 Å². The molecule has 1 amide bonds. The van der Waals surface area contributed by atoms with E-state index < -0.39 is 11.9 Å². The van der Waals surface area contributed by atoms with Crippen LogP contribution in [0.4, 0.5) is 4.39 Å². The summed E-state index contributed by atoms with van der Waals surface area (Å²) in [6, 6.07) is 6.13. The van der Waals surface area contributed by atoms with E-state index in [9.17, 15) is 14.4 Å². The van der Waals surface area contributed by atoms with Gasteiger partial charge in [-0.2, -0.15) is 5.26 Å². The number of carbonyl (C=O) groups excluding carboxylic acids is 1. The standard InChI is InChI=1S/C20H24FN7O/c21-18-9-17(28-11-15(5-6-22)26-27-28)4-2-12(18)7-16(10-23)25-20(29)19-13-1-3-14(8-13)24-19/h2,4,9,11,13-14,16,19,24H,1,3,5-8,22H2,(H,25,29)/t13-,14+,16-,19-/m0/s1. The van der Waals surface area contributed by atoms with Gasteiger partial charge in [0.2, 0.25) is 5.91 Å². The number of hydrogen-bond donors (Lipinski definition) is 3. The highest BCUT2D eigenvalue weighted by Gasteiger charge is 2.43. The van der Waals surface area contributed by atoms with Crippen LogP contribution in [0.3, 0.4) is 0 Å². The molecule has 1 saturated heterocycles. The lowest BCUT2D eigenvalue weighted by Gasteiger charge is -2.23. The summed E-state index contributed by atoms with van der Waals surface area (Å²) < 4.78 is 16.1. The highest BCUT2D eigenvalue weighted by Crippen LogP contribution is 2.35. The number of nitrogens with two attached hydrogens (primary N) is 1. The molecule has 4 atom stereocenters. The van der Waals surface area contributed by atoms with Gasteiger partial charge in [0.25, 0.3) is 0 Å². The Balaban J connectivity index is 1.41. The molecule has 0 unspecified atom stereocenters. The van der Waals surface area contributed by atoms with Crippen LogP contribution in [-0.2, 0) is 17.6 Å². The lowest BCUT2D eigenvalue weighted by Crippen LogP contribution is -2.50. The number of halogens is 1. The van der Waals surface area contributed by atoms with Crippen LogP contribution in [0.1, 0.15) is 30.5 Å². The molecule has 4 rings (SSSR count). The van der Waals surface area contributed by atoms with Crippen LogP contribution in [0, 0.1) is 23.1 Å². The maximum Gasteiger partial charge on any atom is 0.238 e. The van der Waals surface area contributed by atoms with Crippen LogP contribution in [0.25, 0.3) is 5.69 Å². The Kier molecular flexibility index (Phi) is 5.56. The van der Waals surface area contributed by atoms with E-state index in [-0.39, 0.29) is 18.4 Å². The molecule has 152 valence electrons. The van der Waals surface area contributed by atoms with Gasteiger partial charge in [-0.3, -0.25) is 4.79 Å². The number of nitrogens with zero attached hydrogens (tertiary/aromatic N) is 4. The van der Waals surface area contributed by atoms with E-state index in [0.29, 0.717) is 36.2 Å². The van der Waals surface area contributed by atoms with Gasteiger partial charge in [0, 0.05) is 18.9 Å². The molecule has 0 radical (unpaired) electrons. The number of carbonyl (C=O) groups is 1. The van der Waals surface area contributed by atoms with E-state index in [2.05, 4.69) is 27.0 Å². The Labute approximate surface area is 168 Å². The normalized spacial score (nSPS) is 23.7. The second-order valence-electron chi connectivity index (χ2n) is 7.78. The average molecular weight is 397 g/mol. The Hall–Kier alpha value is -2.83. The lowest BCUT2D eigenvalue weighted by molar-refractivity contribution is -0.124. The molecule has 1 aromatic carbocycles. The van der Waals surface area contributed by atoms with Crippen molar-refractivity contribution in [3.63, 3.8) is 0 Å². The third kappa shape index (κ3) is 4.13. The summed E-state index contributed by atoms with van der Waals surface area (Å²) >= 11 is 0. The molecule has 8 nitrogen and oxygen atoms in total. The van der Waals surface area contributed by atoms with Crippen molar-refractivity contribution >= 4 is 5.91 Å². The minimum atomic E-state index is -0.786. The third-order valence-corrected chi connectivity index (χ3v) is 5.78. The topological polar surface area (TPSA) is 122 Å². The molecule has 2 aromatic rings. The van der Waals surface area contributed by atoms with Gasteiger partial charge in [-0.1, -0.05) is 11.3 Å². The molecule has 9 heteroatoms. The van der Waals surface area contributed by atoms with E-state index >= 15 is 0 Å². The molecule has 29 heavy (non-hydrogen) atoms. The Morgan fingerprint density at radius 2 is 2.34 bits per heavy atom. The second kappa shape index (κ2) is 8.27. The summed E-state index contributed by atoms with van der Waals surface area (Å²) in [5, 5.41) is 23.5. The first-order valence-electron chi connectivity index (χ1n) is 9.93. The van der Waals surface area contributed by atoms with Crippen LogP contribution in [0.5, 0.6) is 0 Å². The fraction of sp³-hybridized carbons (Fsp3) is 0.500. The predicted octanol–water partition coefficient (Wildman–Crippen LogP) is 0.599. The number of aromatic nitrogens is 3. The first-order chi connectivity index (χ1) is 14.1. The summed E-state index contributed by atoms with van der Waals surface area (Å²) in [6.07, 6.45) is 5.57. The molecule has 1 aliphatic heterocycles. The van der Waals surface area contributed by atoms with Gasteiger partial charge < -0.3 is 16.4 Å². The highest BCUT2D eigenvalue weighted by atomic mass is 19.1. The summed E-state index contributed by atoms with van der Waals surface area (Å²) in [5.74, 6) is -0.288. The molecule has 0 spiro atoms. The predicted molar refractivity (Wildman–Crippen MR) is 103 cm³/mol. The van der Waals surface area contributed by atoms with Gasteiger partial charge >= 0.3 is 0 Å². The van der Waals surface area contributed by atoms with Gasteiger partial charge in [0.05, 0.1) is 29.7 Å². The van der Waals surface area contributed by atoms with Gasteiger partial charge in [0.15, 0.2) is 0 Å². The molecule has 2 fully saturated rings. The van der Waals surface area contributed by atoms with Crippen molar-refractivity contribution in [2.75, 3.05) is 6.54 Å². The lowest BCUT2D eigenvalue weighted by atomic mass is 9.98. The van der Waals surface area contributed by atoms with Crippen molar-refractivity contribution in [3.8, 4) is 11.8 Å². The summed E-state index contributed by atoms with van der Waals surface area (Å²) in [7, 11) is 0. The van der Waals surface area contributed by atoms with Gasteiger partial charge in [0.1, 0.15) is 11.9 Å². The first-order valence-corrected chi connectivity index (χ1v) is 9.93. The maximum atomic E-state index is 14.6. The number of nitriles is 1. The van der Waals surface area contributed by atoms with Crippen molar-refractivity contribution in [2.45, 2.75) is 50.2 Å². The zero-order valence-electron chi connectivity index (χ0n) is 16.0. The third-order valence-electron chi connectivity index (χ3n) is 5.78. The molecule has 2 heterocycles. The molecular formula is C20H24FN7O. The zero-order chi connectivity index (χ0) is 20.4. The fourth-order valence-electron chi connectivity index (χ4n) is 4.29. The fourth-order valence-corrected chi connectivity index (χ4v) is 4.29. The van der Waals surface area contributed by atoms with E-state index in [1.165, 1.54) is 10.7 Å². The highest BCUT2D eigenvalue weighted by molar-refractivity contribution is 5.83. The molecule has 4 N–H and O–H groups in total. The van der Waals surface area contributed by atoms with Crippen molar-refractivity contribution in [1.82, 2.24) is 25.6 Å². The van der Waals surface area contributed by atoms with Gasteiger partial charge in [-0.25, -0.2) is 9.07 Å². The SMILES string of the molecule is N#C[C@H](Cc1ccc(-n2cc(CCN)nn2)cc1F)NC(=O)[C@H]1N[C@@H]2CC[C@H]1C2. The van der Waals surface area contributed by atoms with Gasteiger partial charge in [-0.05, 0) is 49.4 Å². The summed E-state index contributed by atoms with van der Waals surface area (Å²) in [5.41, 5.74) is 7.14. The number of nitrogens with one attached hydrogen (secondary N) is 2. The van der Waals surface area contributed by atoms with E-state index in [1.54, 1.807) is 18.3 Å². The summed E-state index contributed by atoms with van der Waals surface area (Å²) in [6.45, 7) is 0.463. The largest absolute Gasteiger partial charge is 0.339 e. The molecule has 1 aromatic heterocycles. The van der Waals surface area contributed by atoms with E-state index in [1.807, 2.05) is 0 Å². The number of hydrogen-bond acceptors (Lipinski definition) is 6. The Morgan fingerprint density at radius 1 is 1.48 bits per heavy atom. The van der Waals surface area contributed by atoms with Crippen LogP contribution in [0.15, 0.2) is 24.4 Å². The van der Waals surface area contributed by atoms with Gasteiger partial charge in [-0.15, -0.1) is 5.10 Å². The van der Waals surface area contributed by atoms with Crippen molar-refractivity contribution in [3.05, 3.63) is 41.5 Å². The molecule has 1 aliphatic carbocycles. The monoisotopic (exact) mass is 397 g/mol. The number of piperidine rings is 1.